The lowest BCUT2D eigenvalue weighted by Crippen LogP contribution is -2.59. The number of amides is 4. The summed E-state index contributed by atoms with van der Waals surface area (Å²) in [5, 5.41) is 2.91. The lowest BCUT2D eigenvalue weighted by Gasteiger charge is -2.38. The average Bonchev–Trinajstić information content (AvgIpc) is 3.00. The number of carbonyl (C=O) groups is 3. The second kappa shape index (κ2) is 8.65. The average molecular weight is 436 g/mol. The highest BCUT2D eigenvalue weighted by Crippen LogP contribution is 2.30. The number of nitrogens with one attached hydrogen (secondary N) is 1. The number of nitrogens with zero attached hydrogens (tertiary/aromatic N) is 2. The summed E-state index contributed by atoms with van der Waals surface area (Å²) in [7, 11) is 1.59. The molecule has 7 nitrogen and oxygen atoms in total. The number of hydrogen-bond donors (Lipinski definition) is 1. The molecule has 2 aromatic rings. The Balaban J connectivity index is 1.48. The molecule has 4 rings (SSSR count). The number of carbonyl (C=O) groups excluding carboxylic acids is 3. The zero-order chi connectivity index (χ0) is 22.9. The van der Waals surface area contributed by atoms with Gasteiger partial charge in [0.2, 0.25) is 5.91 Å². The highest BCUT2D eigenvalue weighted by molar-refractivity contribution is 6.07. The molecule has 1 atom stereocenters. The fourth-order valence-electron chi connectivity index (χ4n) is 4.57. The normalized spacial score (nSPS) is 20.6. The summed E-state index contributed by atoms with van der Waals surface area (Å²) in [5.41, 5.74) is 2.88. The van der Waals surface area contributed by atoms with Gasteiger partial charge in [0, 0.05) is 6.54 Å². The van der Waals surface area contributed by atoms with Gasteiger partial charge in [-0.15, -0.1) is 0 Å². The smallest absolute Gasteiger partial charge is 0.325 e. The summed E-state index contributed by atoms with van der Waals surface area (Å²) in [4.78, 5) is 42.1. The van der Waals surface area contributed by atoms with Gasteiger partial charge in [-0.2, -0.15) is 0 Å². The predicted octanol–water partition coefficient (Wildman–Crippen LogP) is 2.97. The van der Waals surface area contributed by atoms with E-state index in [2.05, 4.69) is 5.32 Å². The van der Waals surface area contributed by atoms with Crippen molar-refractivity contribution in [2.45, 2.75) is 45.2 Å². The largest absolute Gasteiger partial charge is 0.497 e. The fourth-order valence-corrected chi connectivity index (χ4v) is 4.57. The van der Waals surface area contributed by atoms with Crippen LogP contribution in [0.5, 0.6) is 5.75 Å². The molecule has 0 bridgehead atoms. The minimum absolute atomic E-state index is 0.0626. The van der Waals surface area contributed by atoms with Gasteiger partial charge in [-0.25, -0.2) is 4.79 Å². The van der Waals surface area contributed by atoms with Crippen molar-refractivity contribution in [3.8, 4) is 5.75 Å². The van der Waals surface area contributed by atoms with E-state index in [0.29, 0.717) is 25.1 Å². The molecule has 2 saturated heterocycles. The zero-order valence-electron chi connectivity index (χ0n) is 18.8. The molecule has 1 N–H and O–H groups in total. The molecule has 2 fully saturated rings. The number of aryl methyl sites for hydroxylation is 2. The van der Waals surface area contributed by atoms with Crippen LogP contribution in [0.4, 0.5) is 4.79 Å². The van der Waals surface area contributed by atoms with E-state index < -0.39 is 11.6 Å². The van der Waals surface area contributed by atoms with Crippen LogP contribution >= 0.6 is 0 Å². The molecule has 4 amide bonds. The summed E-state index contributed by atoms with van der Waals surface area (Å²) in [6.45, 7) is 4.97. The number of imide groups is 1. The number of piperidine rings is 1. The van der Waals surface area contributed by atoms with E-state index in [1.54, 1.807) is 12.0 Å². The van der Waals surface area contributed by atoms with Crippen molar-refractivity contribution >= 4 is 17.8 Å². The van der Waals surface area contributed by atoms with Gasteiger partial charge in [-0.3, -0.25) is 14.5 Å². The fraction of sp³-hybridized carbons (Fsp3) is 0.400. The summed E-state index contributed by atoms with van der Waals surface area (Å²) in [6, 6.07) is 13.0. The first-order valence-electron chi connectivity index (χ1n) is 10.9. The third-order valence-corrected chi connectivity index (χ3v) is 6.41. The van der Waals surface area contributed by atoms with Gasteiger partial charge in [-0.1, -0.05) is 35.9 Å². The molecule has 0 saturated carbocycles. The third-order valence-electron chi connectivity index (χ3n) is 6.41. The summed E-state index contributed by atoms with van der Waals surface area (Å²) < 4.78 is 5.24. The topological polar surface area (TPSA) is 79.0 Å². The zero-order valence-corrected chi connectivity index (χ0v) is 18.8. The number of rotatable bonds is 5. The molecule has 7 heteroatoms. The molecular weight excluding hydrogens is 406 g/mol. The lowest BCUT2D eigenvalue weighted by molar-refractivity contribution is -0.138. The second-order valence-electron chi connectivity index (χ2n) is 8.78. The predicted molar refractivity (Wildman–Crippen MR) is 120 cm³/mol. The van der Waals surface area contributed by atoms with E-state index in [9.17, 15) is 14.4 Å². The van der Waals surface area contributed by atoms with E-state index in [4.69, 9.17) is 4.74 Å². The molecule has 0 aliphatic carbocycles. The van der Waals surface area contributed by atoms with Crippen LogP contribution in [0, 0.1) is 13.8 Å². The van der Waals surface area contributed by atoms with Crippen molar-refractivity contribution in [3.63, 3.8) is 0 Å². The minimum atomic E-state index is -1.04. The van der Waals surface area contributed by atoms with Gasteiger partial charge in [-0.05, 0) is 55.5 Å². The molecule has 2 aliphatic rings. The van der Waals surface area contributed by atoms with E-state index >= 15 is 0 Å². The van der Waals surface area contributed by atoms with Crippen LogP contribution in [-0.2, 0) is 22.6 Å². The molecule has 0 aromatic heterocycles. The first kappa shape index (κ1) is 21.9. The SMILES string of the molecule is COc1cccc(CC(=O)N2CCCC3(C2)NC(=O)N(Cc2cc(C)ccc2C)C3=O)c1. The highest BCUT2D eigenvalue weighted by Gasteiger charge is 2.53. The quantitative estimate of drug-likeness (QED) is 0.733. The van der Waals surface area contributed by atoms with Crippen molar-refractivity contribution in [2.24, 2.45) is 0 Å². The second-order valence-corrected chi connectivity index (χ2v) is 8.78. The summed E-state index contributed by atoms with van der Waals surface area (Å²) >= 11 is 0. The Labute approximate surface area is 188 Å². The molecule has 32 heavy (non-hydrogen) atoms. The molecular formula is C25H29N3O4. The van der Waals surface area contributed by atoms with Crippen LogP contribution in [0.2, 0.25) is 0 Å². The van der Waals surface area contributed by atoms with Crippen molar-refractivity contribution in [2.75, 3.05) is 20.2 Å². The number of benzene rings is 2. The molecule has 1 unspecified atom stereocenters. The van der Waals surface area contributed by atoms with Crippen LogP contribution in [-0.4, -0.2) is 53.4 Å². The van der Waals surface area contributed by atoms with Crippen molar-refractivity contribution in [3.05, 3.63) is 64.7 Å². The molecule has 2 aromatic carbocycles. The van der Waals surface area contributed by atoms with Gasteiger partial charge in [0.1, 0.15) is 11.3 Å². The van der Waals surface area contributed by atoms with Crippen LogP contribution in [0.3, 0.4) is 0 Å². The van der Waals surface area contributed by atoms with Gasteiger partial charge in [0.05, 0.1) is 26.6 Å². The van der Waals surface area contributed by atoms with Gasteiger partial charge in [0.15, 0.2) is 0 Å². The Bertz CT molecular complexity index is 1070. The van der Waals surface area contributed by atoms with Crippen LogP contribution < -0.4 is 10.1 Å². The molecule has 168 valence electrons. The maximum absolute atomic E-state index is 13.4. The Morgan fingerprint density at radius 1 is 1.16 bits per heavy atom. The molecule has 0 radical (unpaired) electrons. The maximum Gasteiger partial charge on any atom is 0.325 e. The molecule has 1 spiro atoms. The third kappa shape index (κ3) is 4.20. The highest BCUT2D eigenvalue weighted by atomic mass is 16.5. The van der Waals surface area contributed by atoms with Crippen molar-refractivity contribution < 1.29 is 19.1 Å². The molecule has 2 heterocycles. The monoisotopic (exact) mass is 435 g/mol. The van der Waals surface area contributed by atoms with Gasteiger partial charge in [0.25, 0.3) is 5.91 Å². The Kier molecular flexibility index (Phi) is 5.91. The standard InChI is InChI=1S/C25H29N3O4/c1-17-8-9-18(2)20(12-17)15-28-23(30)25(26-24(28)31)10-5-11-27(16-25)22(29)14-19-6-4-7-21(13-19)32-3/h4,6-9,12-13H,5,10-11,14-16H2,1-3H3,(H,26,31). The lowest BCUT2D eigenvalue weighted by atomic mass is 9.88. The first-order chi connectivity index (χ1) is 15.3. The minimum Gasteiger partial charge on any atom is -0.497 e. The van der Waals surface area contributed by atoms with Crippen LogP contribution in [0.25, 0.3) is 0 Å². The molecule has 2 aliphatic heterocycles. The van der Waals surface area contributed by atoms with Crippen molar-refractivity contribution in [1.82, 2.24) is 15.1 Å². The first-order valence-corrected chi connectivity index (χ1v) is 10.9. The number of ether oxygens (including phenoxy) is 1. The number of hydrogen-bond acceptors (Lipinski definition) is 4. The number of likely N-dealkylation sites (tertiary alicyclic amines) is 1. The van der Waals surface area contributed by atoms with Crippen LogP contribution in [0.1, 0.15) is 35.1 Å². The van der Waals surface area contributed by atoms with E-state index in [1.807, 2.05) is 56.3 Å². The van der Waals surface area contributed by atoms with E-state index in [1.165, 1.54) is 4.90 Å². The summed E-state index contributed by atoms with van der Waals surface area (Å²) in [6.07, 6.45) is 1.42. The Morgan fingerprint density at radius 3 is 2.75 bits per heavy atom. The number of urea groups is 1. The van der Waals surface area contributed by atoms with Gasteiger partial charge < -0.3 is 15.0 Å². The number of methoxy groups -OCH3 is 1. The van der Waals surface area contributed by atoms with E-state index in [-0.39, 0.29) is 31.3 Å². The summed E-state index contributed by atoms with van der Waals surface area (Å²) in [5.74, 6) is 0.389. The van der Waals surface area contributed by atoms with Gasteiger partial charge >= 0.3 is 6.03 Å². The van der Waals surface area contributed by atoms with Crippen molar-refractivity contribution in [1.29, 1.82) is 0 Å². The van der Waals surface area contributed by atoms with Crippen LogP contribution in [0.15, 0.2) is 42.5 Å². The Morgan fingerprint density at radius 2 is 1.97 bits per heavy atom. The maximum atomic E-state index is 13.4. The van der Waals surface area contributed by atoms with E-state index in [0.717, 1.165) is 22.3 Å². The Hall–Kier alpha value is -3.35.